The molecule has 0 heterocycles. The van der Waals surface area contributed by atoms with E-state index in [1.807, 2.05) is 0 Å². The van der Waals surface area contributed by atoms with Crippen LogP contribution in [0.5, 0.6) is 0 Å². The van der Waals surface area contributed by atoms with E-state index in [4.69, 9.17) is 0 Å². The van der Waals surface area contributed by atoms with Gasteiger partial charge in [-0.25, -0.2) is 0 Å². The van der Waals surface area contributed by atoms with E-state index >= 15 is 0 Å². The van der Waals surface area contributed by atoms with Crippen LogP contribution in [-0.4, -0.2) is 6.29 Å². The Bertz CT molecular complexity index is 196. The number of hydrogen-bond donors (Lipinski definition) is 0. The molecule has 0 amide bonds. The smallest absolute Gasteiger partial charge is 0.119 e. The van der Waals surface area contributed by atoms with Crippen LogP contribution < -0.4 is 0 Å². The number of aldehydes is 1. The first-order valence-electron chi connectivity index (χ1n) is 8.50. The molecule has 0 aliphatic heterocycles. The first kappa shape index (κ1) is 18.4. The number of carbonyl (C=O) groups is 1. The molecule has 0 saturated heterocycles. The van der Waals surface area contributed by atoms with Crippen LogP contribution in [0, 0.1) is 0 Å². The SMILES string of the molecule is CCCCCCCCC/C=C/CCCCCCC=O. The van der Waals surface area contributed by atoms with Gasteiger partial charge >= 0.3 is 0 Å². The van der Waals surface area contributed by atoms with Crippen molar-refractivity contribution in [1.82, 2.24) is 0 Å². The fraction of sp³-hybridized carbons (Fsp3) is 0.833. The largest absolute Gasteiger partial charge is 0.303 e. The first-order valence-corrected chi connectivity index (χ1v) is 8.50. The molecular weight excluding hydrogens is 232 g/mol. The molecular formula is C18H34O. The fourth-order valence-corrected chi connectivity index (χ4v) is 2.30. The first-order chi connectivity index (χ1) is 9.41. The summed E-state index contributed by atoms with van der Waals surface area (Å²) in [5, 5.41) is 0. The monoisotopic (exact) mass is 266 g/mol. The summed E-state index contributed by atoms with van der Waals surface area (Å²) in [4.78, 5) is 10.1. The highest BCUT2D eigenvalue weighted by Crippen LogP contribution is 2.09. The van der Waals surface area contributed by atoms with Gasteiger partial charge in [0.1, 0.15) is 6.29 Å². The zero-order valence-electron chi connectivity index (χ0n) is 13.0. The third-order valence-electron chi connectivity index (χ3n) is 3.58. The van der Waals surface area contributed by atoms with Gasteiger partial charge in [-0.1, -0.05) is 70.4 Å². The predicted octanol–water partition coefficient (Wildman–Crippen LogP) is 6.22. The molecule has 0 N–H and O–H groups in total. The van der Waals surface area contributed by atoms with Crippen LogP contribution in [0.25, 0.3) is 0 Å². The van der Waals surface area contributed by atoms with Crippen LogP contribution in [0.2, 0.25) is 0 Å². The summed E-state index contributed by atoms with van der Waals surface area (Å²) in [6.07, 6.45) is 23.6. The number of carbonyl (C=O) groups excluding carboxylic acids is 1. The van der Waals surface area contributed by atoms with Crippen LogP contribution >= 0.6 is 0 Å². The Morgan fingerprint density at radius 3 is 1.47 bits per heavy atom. The molecule has 112 valence electrons. The Kier molecular flexibility index (Phi) is 16.9. The molecule has 0 aliphatic carbocycles. The minimum absolute atomic E-state index is 0.744. The van der Waals surface area contributed by atoms with E-state index in [-0.39, 0.29) is 0 Å². The Balaban J connectivity index is 3.03. The lowest BCUT2D eigenvalue weighted by molar-refractivity contribution is -0.107. The van der Waals surface area contributed by atoms with Gasteiger partial charge < -0.3 is 4.79 Å². The average Bonchev–Trinajstić information content (AvgIpc) is 2.43. The van der Waals surface area contributed by atoms with Crippen molar-refractivity contribution in [1.29, 1.82) is 0 Å². The molecule has 0 aliphatic rings. The van der Waals surface area contributed by atoms with E-state index in [2.05, 4.69) is 19.1 Å². The second-order valence-electron chi connectivity index (χ2n) is 5.54. The molecule has 0 bridgehead atoms. The maximum atomic E-state index is 10.1. The van der Waals surface area contributed by atoms with Gasteiger partial charge in [0.05, 0.1) is 0 Å². The molecule has 0 radical (unpaired) electrons. The van der Waals surface area contributed by atoms with Crippen molar-refractivity contribution in [2.24, 2.45) is 0 Å². The molecule has 19 heavy (non-hydrogen) atoms. The van der Waals surface area contributed by atoms with Crippen molar-refractivity contribution < 1.29 is 4.79 Å². The van der Waals surface area contributed by atoms with Gasteiger partial charge in [-0.3, -0.25) is 0 Å². The van der Waals surface area contributed by atoms with Gasteiger partial charge in [0, 0.05) is 6.42 Å². The third kappa shape index (κ3) is 17.4. The van der Waals surface area contributed by atoms with Gasteiger partial charge in [-0.15, -0.1) is 0 Å². The Morgan fingerprint density at radius 1 is 0.579 bits per heavy atom. The summed E-state index contributed by atoms with van der Waals surface area (Å²) < 4.78 is 0. The van der Waals surface area contributed by atoms with Gasteiger partial charge in [0.25, 0.3) is 0 Å². The van der Waals surface area contributed by atoms with Crippen molar-refractivity contribution in [3.63, 3.8) is 0 Å². The van der Waals surface area contributed by atoms with Gasteiger partial charge in [0.2, 0.25) is 0 Å². The van der Waals surface area contributed by atoms with Crippen molar-refractivity contribution >= 4 is 6.29 Å². The summed E-state index contributed by atoms with van der Waals surface area (Å²) in [6.45, 7) is 2.27. The molecule has 0 atom stereocenters. The van der Waals surface area contributed by atoms with Crippen LogP contribution in [-0.2, 0) is 4.79 Å². The van der Waals surface area contributed by atoms with Gasteiger partial charge in [-0.2, -0.15) is 0 Å². The summed E-state index contributed by atoms with van der Waals surface area (Å²) in [6, 6.07) is 0. The summed E-state index contributed by atoms with van der Waals surface area (Å²) in [5.74, 6) is 0. The topological polar surface area (TPSA) is 17.1 Å². The number of hydrogen-bond acceptors (Lipinski definition) is 1. The standard InChI is InChI=1S/C18H34O/c1-2-3-4-5-6-7-8-9-10-11-12-13-14-15-16-17-18-19/h10-11,18H,2-9,12-17H2,1H3/b11-10+. The molecule has 0 aromatic rings. The molecule has 0 fully saturated rings. The lowest BCUT2D eigenvalue weighted by Gasteiger charge is -1.99. The number of unbranched alkanes of at least 4 members (excludes halogenated alkanes) is 12. The van der Waals surface area contributed by atoms with Crippen LogP contribution in [0.3, 0.4) is 0 Å². The Labute approximate surface area is 120 Å². The maximum Gasteiger partial charge on any atom is 0.119 e. The lowest BCUT2D eigenvalue weighted by Crippen LogP contribution is -1.80. The van der Waals surface area contributed by atoms with Crippen molar-refractivity contribution in [3.05, 3.63) is 12.2 Å². The minimum Gasteiger partial charge on any atom is -0.303 e. The average molecular weight is 266 g/mol. The lowest BCUT2D eigenvalue weighted by atomic mass is 10.1. The highest BCUT2D eigenvalue weighted by molar-refractivity contribution is 5.48. The second kappa shape index (κ2) is 17.4. The van der Waals surface area contributed by atoms with E-state index in [1.54, 1.807) is 0 Å². The normalized spacial score (nSPS) is 11.2. The van der Waals surface area contributed by atoms with E-state index in [0.29, 0.717) is 0 Å². The number of rotatable bonds is 15. The Morgan fingerprint density at radius 2 is 1.00 bits per heavy atom. The van der Waals surface area contributed by atoms with Crippen LogP contribution in [0.1, 0.15) is 96.8 Å². The predicted molar refractivity (Wildman–Crippen MR) is 85.5 cm³/mol. The molecule has 0 aromatic heterocycles. The van der Waals surface area contributed by atoms with Crippen LogP contribution in [0.4, 0.5) is 0 Å². The molecule has 0 rings (SSSR count). The quantitative estimate of drug-likeness (QED) is 0.195. The molecule has 1 heteroatoms. The third-order valence-corrected chi connectivity index (χ3v) is 3.58. The second-order valence-corrected chi connectivity index (χ2v) is 5.54. The van der Waals surface area contributed by atoms with E-state index in [0.717, 1.165) is 19.1 Å². The van der Waals surface area contributed by atoms with Crippen LogP contribution in [0.15, 0.2) is 12.2 Å². The number of allylic oxidation sites excluding steroid dienone is 2. The zero-order chi connectivity index (χ0) is 14.0. The fourth-order valence-electron chi connectivity index (χ4n) is 2.30. The van der Waals surface area contributed by atoms with E-state index in [1.165, 1.54) is 77.0 Å². The van der Waals surface area contributed by atoms with Crippen molar-refractivity contribution in [2.45, 2.75) is 96.8 Å². The highest BCUT2D eigenvalue weighted by atomic mass is 16.1. The minimum atomic E-state index is 0.744. The van der Waals surface area contributed by atoms with Crippen molar-refractivity contribution in [2.75, 3.05) is 0 Å². The summed E-state index contributed by atoms with van der Waals surface area (Å²) in [7, 11) is 0. The maximum absolute atomic E-state index is 10.1. The Hall–Kier alpha value is -0.590. The highest BCUT2D eigenvalue weighted by Gasteiger charge is 1.90. The van der Waals surface area contributed by atoms with Gasteiger partial charge in [0.15, 0.2) is 0 Å². The van der Waals surface area contributed by atoms with E-state index in [9.17, 15) is 4.79 Å². The molecule has 0 spiro atoms. The summed E-state index contributed by atoms with van der Waals surface area (Å²) >= 11 is 0. The van der Waals surface area contributed by atoms with Gasteiger partial charge in [-0.05, 0) is 32.1 Å². The molecule has 1 nitrogen and oxygen atoms in total. The summed E-state index contributed by atoms with van der Waals surface area (Å²) in [5.41, 5.74) is 0. The molecule has 0 aromatic carbocycles. The molecule has 0 saturated carbocycles. The van der Waals surface area contributed by atoms with E-state index < -0.39 is 0 Å². The molecule has 0 unspecified atom stereocenters. The zero-order valence-corrected chi connectivity index (χ0v) is 13.0. The van der Waals surface area contributed by atoms with Crippen molar-refractivity contribution in [3.8, 4) is 0 Å².